The standard InChI is InChI=1S/C12H11NO4/c1-8(14)13-10-4-2-9(3-5-10)11(15)6-7-12(16)17/h2-7H,1H3,(H,13,14)(H,16,17). The Morgan fingerprint density at radius 1 is 1.12 bits per heavy atom. The van der Waals surface area contributed by atoms with Crippen LogP contribution >= 0.6 is 0 Å². The number of hydrogen-bond acceptors (Lipinski definition) is 3. The molecule has 0 fully saturated rings. The van der Waals surface area contributed by atoms with Crippen molar-refractivity contribution in [3.63, 3.8) is 0 Å². The average molecular weight is 233 g/mol. The van der Waals surface area contributed by atoms with Crippen LogP contribution in [0, 0.1) is 0 Å². The lowest BCUT2D eigenvalue weighted by Crippen LogP contribution is -2.05. The van der Waals surface area contributed by atoms with Gasteiger partial charge in [0.05, 0.1) is 0 Å². The average Bonchev–Trinajstić information content (AvgIpc) is 2.26. The molecule has 0 spiro atoms. The molecule has 0 aliphatic rings. The summed E-state index contributed by atoms with van der Waals surface area (Å²) in [5.41, 5.74) is 0.938. The number of carboxylic acids is 1. The maximum atomic E-state index is 11.4. The van der Waals surface area contributed by atoms with Crippen LogP contribution < -0.4 is 5.32 Å². The van der Waals surface area contributed by atoms with Crippen molar-refractivity contribution in [1.82, 2.24) is 0 Å². The number of rotatable bonds is 4. The molecule has 0 saturated carbocycles. The summed E-state index contributed by atoms with van der Waals surface area (Å²) in [6, 6.07) is 6.17. The zero-order valence-corrected chi connectivity index (χ0v) is 9.14. The Kier molecular flexibility index (Phi) is 4.16. The van der Waals surface area contributed by atoms with Crippen molar-refractivity contribution in [1.29, 1.82) is 0 Å². The quantitative estimate of drug-likeness (QED) is 0.609. The summed E-state index contributed by atoms with van der Waals surface area (Å²) in [6.45, 7) is 1.38. The molecule has 0 aliphatic heterocycles. The fourth-order valence-electron chi connectivity index (χ4n) is 1.16. The highest BCUT2D eigenvalue weighted by atomic mass is 16.4. The molecule has 0 unspecified atom stereocenters. The van der Waals surface area contributed by atoms with Gasteiger partial charge >= 0.3 is 5.97 Å². The number of anilines is 1. The summed E-state index contributed by atoms with van der Waals surface area (Å²) >= 11 is 0. The van der Waals surface area contributed by atoms with E-state index >= 15 is 0 Å². The van der Waals surface area contributed by atoms with Crippen LogP contribution in [-0.4, -0.2) is 22.8 Å². The Morgan fingerprint density at radius 3 is 2.18 bits per heavy atom. The first kappa shape index (κ1) is 12.6. The van der Waals surface area contributed by atoms with Crippen LogP contribution in [0.15, 0.2) is 36.4 Å². The van der Waals surface area contributed by atoms with Gasteiger partial charge in [-0.25, -0.2) is 4.79 Å². The Hall–Kier alpha value is -2.43. The topological polar surface area (TPSA) is 83.5 Å². The second-order valence-corrected chi connectivity index (χ2v) is 3.29. The van der Waals surface area contributed by atoms with Crippen LogP contribution in [0.4, 0.5) is 5.69 Å². The van der Waals surface area contributed by atoms with Crippen LogP contribution in [0.25, 0.3) is 0 Å². The predicted octanol–water partition coefficient (Wildman–Crippen LogP) is 1.47. The second-order valence-electron chi connectivity index (χ2n) is 3.29. The van der Waals surface area contributed by atoms with Crippen LogP contribution in [0.1, 0.15) is 17.3 Å². The van der Waals surface area contributed by atoms with Crippen LogP contribution in [0.2, 0.25) is 0 Å². The molecule has 5 heteroatoms. The lowest BCUT2D eigenvalue weighted by molar-refractivity contribution is -0.131. The van der Waals surface area contributed by atoms with Crippen molar-refractivity contribution in [2.75, 3.05) is 5.32 Å². The largest absolute Gasteiger partial charge is 0.478 e. The minimum atomic E-state index is -1.17. The number of aliphatic carboxylic acids is 1. The summed E-state index contributed by atoms with van der Waals surface area (Å²) in [4.78, 5) is 32.4. The van der Waals surface area contributed by atoms with E-state index in [2.05, 4.69) is 5.32 Å². The molecule has 88 valence electrons. The number of allylic oxidation sites excluding steroid dienone is 1. The van der Waals surface area contributed by atoms with Gasteiger partial charge in [0.1, 0.15) is 0 Å². The molecule has 0 aliphatic carbocycles. The van der Waals surface area contributed by atoms with Crippen molar-refractivity contribution >= 4 is 23.3 Å². The van der Waals surface area contributed by atoms with E-state index in [1.54, 1.807) is 12.1 Å². The summed E-state index contributed by atoms with van der Waals surface area (Å²) in [6.07, 6.45) is 1.76. The Bertz CT molecular complexity index is 474. The van der Waals surface area contributed by atoms with Gasteiger partial charge in [-0.1, -0.05) is 0 Å². The number of nitrogens with one attached hydrogen (secondary N) is 1. The van der Waals surface area contributed by atoms with E-state index in [4.69, 9.17) is 5.11 Å². The third-order valence-corrected chi connectivity index (χ3v) is 1.87. The molecule has 17 heavy (non-hydrogen) atoms. The molecular weight excluding hydrogens is 222 g/mol. The first-order valence-corrected chi connectivity index (χ1v) is 4.82. The van der Waals surface area contributed by atoms with Gasteiger partial charge in [0, 0.05) is 24.3 Å². The SMILES string of the molecule is CC(=O)Nc1ccc(C(=O)C=CC(=O)O)cc1. The van der Waals surface area contributed by atoms with E-state index in [-0.39, 0.29) is 5.91 Å². The molecule has 2 N–H and O–H groups in total. The molecule has 1 amide bonds. The zero-order chi connectivity index (χ0) is 12.8. The van der Waals surface area contributed by atoms with E-state index in [1.807, 2.05) is 0 Å². The monoisotopic (exact) mass is 233 g/mol. The third kappa shape index (κ3) is 4.29. The Balaban J connectivity index is 2.77. The highest BCUT2D eigenvalue weighted by molar-refractivity contribution is 6.07. The number of amides is 1. The minimum Gasteiger partial charge on any atom is -0.478 e. The van der Waals surface area contributed by atoms with Crippen molar-refractivity contribution in [3.8, 4) is 0 Å². The van der Waals surface area contributed by atoms with Gasteiger partial charge in [-0.05, 0) is 30.3 Å². The molecule has 0 heterocycles. The van der Waals surface area contributed by atoms with Crippen LogP contribution in [0.5, 0.6) is 0 Å². The molecule has 0 atom stereocenters. The first-order valence-electron chi connectivity index (χ1n) is 4.82. The van der Waals surface area contributed by atoms with Crippen LogP contribution in [0.3, 0.4) is 0 Å². The zero-order valence-electron chi connectivity index (χ0n) is 9.14. The predicted molar refractivity (Wildman–Crippen MR) is 61.9 cm³/mol. The molecule has 1 aromatic rings. The van der Waals surface area contributed by atoms with E-state index in [1.165, 1.54) is 19.1 Å². The highest BCUT2D eigenvalue weighted by Crippen LogP contribution is 2.10. The van der Waals surface area contributed by atoms with Crippen molar-refractivity contribution in [2.45, 2.75) is 6.92 Å². The summed E-state index contributed by atoms with van der Waals surface area (Å²) in [5, 5.41) is 10.9. The maximum absolute atomic E-state index is 11.4. The number of ketones is 1. The van der Waals surface area contributed by atoms with Gasteiger partial charge in [-0.15, -0.1) is 0 Å². The summed E-state index contributed by atoms with van der Waals surface area (Å²) in [5.74, 6) is -1.77. The van der Waals surface area contributed by atoms with Gasteiger partial charge in [-0.3, -0.25) is 9.59 Å². The smallest absolute Gasteiger partial charge is 0.328 e. The molecular formula is C12H11NO4. The van der Waals surface area contributed by atoms with Crippen molar-refractivity contribution < 1.29 is 19.5 Å². The Labute approximate surface area is 97.8 Å². The number of benzene rings is 1. The fourth-order valence-corrected chi connectivity index (χ4v) is 1.16. The molecule has 0 saturated heterocycles. The van der Waals surface area contributed by atoms with Gasteiger partial charge in [0.15, 0.2) is 5.78 Å². The Morgan fingerprint density at radius 2 is 1.71 bits per heavy atom. The first-order chi connectivity index (χ1) is 7.99. The minimum absolute atomic E-state index is 0.199. The lowest BCUT2D eigenvalue weighted by Gasteiger charge is -2.02. The van der Waals surface area contributed by atoms with E-state index < -0.39 is 11.8 Å². The van der Waals surface area contributed by atoms with Gasteiger partial charge in [0.25, 0.3) is 0 Å². The van der Waals surface area contributed by atoms with Crippen molar-refractivity contribution in [3.05, 3.63) is 42.0 Å². The number of hydrogen-bond donors (Lipinski definition) is 2. The number of carbonyl (C=O) groups is 3. The number of carbonyl (C=O) groups excluding carboxylic acids is 2. The molecule has 1 aromatic carbocycles. The van der Waals surface area contributed by atoms with E-state index in [0.29, 0.717) is 11.3 Å². The van der Waals surface area contributed by atoms with Crippen molar-refractivity contribution in [2.24, 2.45) is 0 Å². The summed E-state index contributed by atoms with van der Waals surface area (Å²) < 4.78 is 0. The molecule has 0 aromatic heterocycles. The van der Waals surface area contributed by atoms with Crippen LogP contribution in [-0.2, 0) is 9.59 Å². The molecule has 1 rings (SSSR count). The summed E-state index contributed by atoms with van der Waals surface area (Å²) in [7, 11) is 0. The lowest BCUT2D eigenvalue weighted by atomic mass is 10.1. The maximum Gasteiger partial charge on any atom is 0.328 e. The fraction of sp³-hybridized carbons (Fsp3) is 0.0833. The molecule has 0 radical (unpaired) electrons. The number of carboxylic acid groups (broad SMARTS) is 1. The third-order valence-electron chi connectivity index (χ3n) is 1.87. The normalized spacial score (nSPS) is 10.2. The van der Waals surface area contributed by atoms with Gasteiger partial charge < -0.3 is 10.4 Å². The van der Waals surface area contributed by atoms with E-state index in [0.717, 1.165) is 12.2 Å². The van der Waals surface area contributed by atoms with Gasteiger partial charge in [-0.2, -0.15) is 0 Å². The highest BCUT2D eigenvalue weighted by Gasteiger charge is 2.02. The van der Waals surface area contributed by atoms with Gasteiger partial charge in [0.2, 0.25) is 5.91 Å². The second kappa shape index (κ2) is 5.60. The molecule has 0 bridgehead atoms. The molecule has 5 nitrogen and oxygen atoms in total. The van der Waals surface area contributed by atoms with E-state index in [9.17, 15) is 14.4 Å².